The fourth-order valence-electron chi connectivity index (χ4n) is 1.73. The molecule has 0 aromatic heterocycles. The fraction of sp³-hybridized carbons (Fsp3) is 0.133. The molecular formula is C15H13FN2S. The molecule has 0 heterocycles. The first-order chi connectivity index (χ1) is 9.11. The predicted molar refractivity (Wildman–Crippen MR) is 76.3 cm³/mol. The molecule has 19 heavy (non-hydrogen) atoms. The number of rotatable bonds is 3. The van der Waals surface area contributed by atoms with E-state index in [0.717, 1.165) is 16.1 Å². The monoisotopic (exact) mass is 272 g/mol. The molecule has 2 N–H and O–H groups in total. The quantitative estimate of drug-likeness (QED) is 0.681. The molecule has 0 bridgehead atoms. The van der Waals surface area contributed by atoms with Crippen LogP contribution < -0.4 is 5.73 Å². The van der Waals surface area contributed by atoms with Gasteiger partial charge in [0.05, 0.1) is 11.6 Å². The van der Waals surface area contributed by atoms with Gasteiger partial charge >= 0.3 is 0 Å². The lowest BCUT2D eigenvalue weighted by Gasteiger charge is -2.08. The number of nitrogen functional groups attached to an aromatic ring is 1. The van der Waals surface area contributed by atoms with Crippen molar-refractivity contribution in [1.82, 2.24) is 0 Å². The first kappa shape index (κ1) is 13.4. The molecule has 0 fully saturated rings. The molecule has 0 atom stereocenters. The molecule has 2 rings (SSSR count). The number of halogens is 1. The van der Waals surface area contributed by atoms with Gasteiger partial charge in [0.15, 0.2) is 0 Å². The second-order valence-electron chi connectivity index (χ2n) is 4.17. The minimum absolute atomic E-state index is 0.320. The summed E-state index contributed by atoms with van der Waals surface area (Å²) in [5, 5.41) is 9.00. The van der Waals surface area contributed by atoms with Gasteiger partial charge in [-0.3, -0.25) is 0 Å². The van der Waals surface area contributed by atoms with Crippen LogP contribution in [0, 0.1) is 24.1 Å². The topological polar surface area (TPSA) is 49.8 Å². The molecule has 96 valence electrons. The largest absolute Gasteiger partial charge is 0.398 e. The van der Waals surface area contributed by atoms with Crippen molar-refractivity contribution in [2.75, 3.05) is 5.73 Å². The van der Waals surface area contributed by atoms with E-state index in [1.807, 2.05) is 25.1 Å². The van der Waals surface area contributed by atoms with E-state index in [1.54, 1.807) is 11.8 Å². The number of hydrogen-bond acceptors (Lipinski definition) is 3. The summed E-state index contributed by atoms with van der Waals surface area (Å²) < 4.78 is 13.2. The highest BCUT2D eigenvalue weighted by Crippen LogP contribution is 2.29. The first-order valence-corrected chi connectivity index (χ1v) is 6.77. The van der Waals surface area contributed by atoms with Crippen molar-refractivity contribution in [3.05, 3.63) is 58.9 Å². The number of thioether (sulfide) groups is 1. The van der Waals surface area contributed by atoms with E-state index in [4.69, 9.17) is 11.0 Å². The predicted octanol–water partition coefficient (Wildman–Crippen LogP) is 3.88. The average Bonchev–Trinajstić information content (AvgIpc) is 2.40. The summed E-state index contributed by atoms with van der Waals surface area (Å²) in [4.78, 5) is 1.05. The highest BCUT2D eigenvalue weighted by Gasteiger charge is 2.07. The molecule has 0 amide bonds. The standard InChI is InChI=1S/C15H13FN2S/c1-10-14(18)3-2-4-15(10)19-9-12-7-13(16)6-5-11(12)8-17/h2-7H,9,18H2,1H3. The van der Waals surface area contributed by atoms with Crippen LogP contribution in [0.25, 0.3) is 0 Å². The summed E-state index contributed by atoms with van der Waals surface area (Å²) in [7, 11) is 0. The molecule has 0 saturated carbocycles. The third-order valence-corrected chi connectivity index (χ3v) is 4.11. The Morgan fingerprint density at radius 1 is 1.32 bits per heavy atom. The third-order valence-electron chi connectivity index (χ3n) is 2.90. The first-order valence-electron chi connectivity index (χ1n) is 5.78. The van der Waals surface area contributed by atoms with Gasteiger partial charge in [-0.25, -0.2) is 4.39 Å². The van der Waals surface area contributed by atoms with Crippen LogP contribution in [-0.2, 0) is 5.75 Å². The van der Waals surface area contributed by atoms with Crippen LogP contribution in [0.15, 0.2) is 41.3 Å². The van der Waals surface area contributed by atoms with Crippen LogP contribution in [0.3, 0.4) is 0 Å². The second kappa shape index (κ2) is 5.77. The van der Waals surface area contributed by atoms with E-state index < -0.39 is 0 Å². The van der Waals surface area contributed by atoms with Crippen LogP contribution in [0.5, 0.6) is 0 Å². The normalized spacial score (nSPS) is 10.2. The van der Waals surface area contributed by atoms with E-state index in [1.165, 1.54) is 18.2 Å². The zero-order valence-electron chi connectivity index (χ0n) is 10.5. The van der Waals surface area contributed by atoms with Gasteiger partial charge in [0, 0.05) is 16.3 Å². The van der Waals surface area contributed by atoms with Gasteiger partial charge in [0.1, 0.15) is 5.82 Å². The molecule has 0 saturated heterocycles. The number of nitrogens with zero attached hydrogens (tertiary/aromatic N) is 1. The number of nitriles is 1. The SMILES string of the molecule is Cc1c(N)cccc1SCc1cc(F)ccc1C#N. The van der Waals surface area contributed by atoms with E-state index >= 15 is 0 Å². The lowest BCUT2D eigenvalue weighted by Crippen LogP contribution is -1.93. The Hall–Kier alpha value is -1.99. The van der Waals surface area contributed by atoms with Crippen molar-refractivity contribution in [2.45, 2.75) is 17.6 Å². The summed E-state index contributed by atoms with van der Waals surface area (Å²) in [6.07, 6.45) is 0. The van der Waals surface area contributed by atoms with Gasteiger partial charge in [-0.15, -0.1) is 11.8 Å². The maximum Gasteiger partial charge on any atom is 0.123 e. The highest BCUT2D eigenvalue weighted by atomic mass is 32.2. The van der Waals surface area contributed by atoms with Gasteiger partial charge in [0.25, 0.3) is 0 Å². The van der Waals surface area contributed by atoms with E-state index in [-0.39, 0.29) is 5.82 Å². The van der Waals surface area contributed by atoms with E-state index in [2.05, 4.69) is 6.07 Å². The molecule has 0 unspecified atom stereocenters. The molecule has 4 heteroatoms. The third kappa shape index (κ3) is 3.07. The summed E-state index contributed by atoms with van der Waals surface area (Å²) in [5.41, 5.74) is 8.81. The smallest absolute Gasteiger partial charge is 0.123 e. The Morgan fingerprint density at radius 2 is 2.11 bits per heavy atom. The zero-order chi connectivity index (χ0) is 13.8. The van der Waals surface area contributed by atoms with Crippen molar-refractivity contribution in [2.24, 2.45) is 0 Å². The van der Waals surface area contributed by atoms with Crippen molar-refractivity contribution >= 4 is 17.4 Å². The van der Waals surface area contributed by atoms with Crippen molar-refractivity contribution in [3.63, 3.8) is 0 Å². The van der Waals surface area contributed by atoms with Crippen LogP contribution in [0.4, 0.5) is 10.1 Å². The molecule has 0 aliphatic heterocycles. The van der Waals surface area contributed by atoms with Gasteiger partial charge in [-0.05, 0) is 48.4 Å². The summed E-state index contributed by atoms with van der Waals surface area (Å²) in [5.74, 6) is 0.226. The fourth-order valence-corrected chi connectivity index (χ4v) is 2.79. The average molecular weight is 272 g/mol. The number of hydrogen-bond donors (Lipinski definition) is 1. The molecule has 0 aliphatic carbocycles. The number of benzene rings is 2. The Morgan fingerprint density at radius 3 is 2.84 bits per heavy atom. The van der Waals surface area contributed by atoms with Gasteiger partial charge < -0.3 is 5.73 Å². The summed E-state index contributed by atoms with van der Waals surface area (Å²) in [6.45, 7) is 1.95. The Balaban J connectivity index is 2.21. The van der Waals surface area contributed by atoms with Gasteiger partial charge in [-0.1, -0.05) is 6.07 Å². The number of nitrogens with two attached hydrogens (primary N) is 1. The Bertz CT molecular complexity index is 647. The Kier molecular flexibility index (Phi) is 4.08. The van der Waals surface area contributed by atoms with Crippen LogP contribution in [0.2, 0.25) is 0 Å². The molecule has 2 aromatic rings. The van der Waals surface area contributed by atoms with Crippen molar-refractivity contribution < 1.29 is 4.39 Å². The minimum atomic E-state index is -0.320. The maximum absolute atomic E-state index is 13.2. The van der Waals surface area contributed by atoms with Crippen LogP contribution in [0.1, 0.15) is 16.7 Å². The number of anilines is 1. The van der Waals surface area contributed by atoms with Crippen molar-refractivity contribution in [1.29, 1.82) is 5.26 Å². The summed E-state index contributed by atoms with van der Waals surface area (Å²) in [6, 6.07) is 12.0. The van der Waals surface area contributed by atoms with Gasteiger partial charge in [-0.2, -0.15) is 5.26 Å². The lowest BCUT2D eigenvalue weighted by molar-refractivity contribution is 0.626. The van der Waals surface area contributed by atoms with Crippen molar-refractivity contribution in [3.8, 4) is 6.07 Å². The maximum atomic E-state index is 13.2. The zero-order valence-corrected chi connectivity index (χ0v) is 11.3. The molecule has 0 aliphatic rings. The van der Waals surface area contributed by atoms with Crippen LogP contribution in [-0.4, -0.2) is 0 Å². The molecule has 2 nitrogen and oxygen atoms in total. The van der Waals surface area contributed by atoms with Gasteiger partial charge in [0.2, 0.25) is 0 Å². The van der Waals surface area contributed by atoms with E-state index in [9.17, 15) is 4.39 Å². The van der Waals surface area contributed by atoms with Crippen LogP contribution >= 0.6 is 11.8 Å². The molecular weight excluding hydrogens is 259 g/mol. The second-order valence-corrected chi connectivity index (χ2v) is 5.19. The summed E-state index contributed by atoms with van der Waals surface area (Å²) >= 11 is 1.55. The Labute approximate surface area is 116 Å². The minimum Gasteiger partial charge on any atom is -0.398 e. The molecule has 0 radical (unpaired) electrons. The molecule has 0 spiro atoms. The lowest BCUT2D eigenvalue weighted by atomic mass is 10.1. The van der Waals surface area contributed by atoms with E-state index in [0.29, 0.717) is 16.9 Å². The highest BCUT2D eigenvalue weighted by molar-refractivity contribution is 7.98. The molecule has 2 aromatic carbocycles.